The summed E-state index contributed by atoms with van der Waals surface area (Å²) in [5, 5.41) is 3.69. The number of carbonyl (C=O) groups is 1. The van der Waals surface area contributed by atoms with Crippen molar-refractivity contribution in [2.75, 3.05) is 0 Å². The highest BCUT2D eigenvalue weighted by Crippen LogP contribution is 2.19. The Labute approximate surface area is 101 Å². The number of benzene rings is 1. The molecule has 4 N–H and O–H groups in total. The van der Waals surface area contributed by atoms with Crippen LogP contribution in [0.15, 0.2) is 24.5 Å². The maximum Gasteiger partial charge on any atom is 0.251 e. The van der Waals surface area contributed by atoms with Crippen LogP contribution in [0.2, 0.25) is 0 Å². The van der Waals surface area contributed by atoms with Crippen LogP contribution in [0.3, 0.4) is 0 Å². The average Bonchev–Trinajstić information content (AvgIpc) is 2.77. The summed E-state index contributed by atoms with van der Waals surface area (Å²) in [7, 11) is 0. The number of halogens is 2. The van der Waals surface area contributed by atoms with E-state index in [9.17, 15) is 13.6 Å². The standard InChI is InChI=1S/C11H10F2N4O/c12-8-1-6(3-14)2-9(13)10(8)17-5-7(4-16-17)11(15)18/h1-2,4-5H,3,14H2,(H2,15,18). The van der Waals surface area contributed by atoms with Crippen LogP contribution >= 0.6 is 0 Å². The van der Waals surface area contributed by atoms with Gasteiger partial charge in [-0.15, -0.1) is 0 Å². The second-order valence-electron chi connectivity index (χ2n) is 3.65. The SMILES string of the molecule is NCc1cc(F)c(-n2cc(C(N)=O)cn2)c(F)c1. The lowest BCUT2D eigenvalue weighted by Gasteiger charge is -2.06. The Bertz CT molecular complexity index is 586. The molecule has 0 saturated carbocycles. The van der Waals surface area contributed by atoms with Gasteiger partial charge < -0.3 is 11.5 Å². The lowest BCUT2D eigenvalue weighted by Crippen LogP contribution is -2.10. The first kappa shape index (κ1) is 12.2. The summed E-state index contributed by atoms with van der Waals surface area (Å²) in [6.07, 6.45) is 2.30. The van der Waals surface area contributed by atoms with Crippen LogP contribution in [-0.2, 0) is 6.54 Å². The smallest absolute Gasteiger partial charge is 0.251 e. The molecular weight excluding hydrogens is 242 g/mol. The van der Waals surface area contributed by atoms with E-state index in [0.717, 1.165) is 29.2 Å². The molecule has 0 unspecified atom stereocenters. The molecule has 1 aromatic heterocycles. The first-order chi connectivity index (χ1) is 8.52. The summed E-state index contributed by atoms with van der Waals surface area (Å²) in [6, 6.07) is 2.23. The fourth-order valence-corrected chi connectivity index (χ4v) is 1.53. The van der Waals surface area contributed by atoms with E-state index in [-0.39, 0.29) is 17.8 Å². The molecule has 0 aliphatic heterocycles. The number of nitrogens with two attached hydrogens (primary N) is 2. The predicted molar refractivity (Wildman–Crippen MR) is 59.9 cm³/mol. The lowest BCUT2D eigenvalue weighted by molar-refractivity contribution is 0.100. The van der Waals surface area contributed by atoms with Gasteiger partial charge in [0.2, 0.25) is 0 Å². The largest absolute Gasteiger partial charge is 0.366 e. The second-order valence-corrected chi connectivity index (χ2v) is 3.65. The summed E-state index contributed by atoms with van der Waals surface area (Å²) in [5.74, 6) is -2.34. The maximum atomic E-state index is 13.7. The zero-order valence-corrected chi connectivity index (χ0v) is 9.23. The molecule has 1 heterocycles. The lowest BCUT2D eigenvalue weighted by atomic mass is 10.2. The van der Waals surface area contributed by atoms with E-state index in [1.165, 1.54) is 0 Å². The highest BCUT2D eigenvalue weighted by atomic mass is 19.1. The molecule has 1 aromatic carbocycles. The second kappa shape index (κ2) is 4.53. The predicted octanol–water partition coefficient (Wildman–Crippen LogP) is 0.708. The van der Waals surface area contributed by atoms with Crippen LogP contribution in [-0.4, -0.2) is 15.7 Å². The Kier molecular flexibility index (Phi) is 3.07. The number of amides is 1. The Morgan fingerprint density at radius 2 is 1.94 bits per heavy atom. The van der Waals surface area contributed by atoms with Crippen LogP contribution in [0.4, 0.5) is 8.78 Å². The van der Waals surface area contributed by atoms with Gasteiger partial charge in [-0.3, -0.25) is 4.79 Å². The summed E-state index contributed by atoms with van der Waals surface area (Å²) in [6.45, 7) is 0.0275. The van der Waals surface area contributed by atoms with Gasteiger partial charge in [0.15, 0.2) is 11.6 Å². The topological polar surface area (TPSA) is 86.9 Å². The first-order valence-corrected chi connectivity index (χ1v) is 5.05. The number of hydrogen-bond acceptors (Lipinski definition) is 3. The van der Waals surface area contributed by atoms with E-state index in [1.54, 1.807) is 0 Å². The first-order valence-electron chi connectivity index (χ1n) is 5.05. The Balaban J connectivity index is 2.53. The Morgan fingerprint density at radius 3 is 2.39 bits per heavy atom. The highest BCUT2D eigenvalue weighted by Gasteiger charge is 2.15. The van der Waals surface area contributed by atoms with Crippen molar-refractivity contribution in [1.29, 1.82) is 0 Å². The Morgan fingerprint density at radius 1 is 1.33 bits per heavy atom. The highest BCUT2D eigenvalue weighted by molar-refractivity contribution is 5.92. The molecule has 2 rings (SSSR count). The summed E-state index contributed by atoms with van der Waals surface area (Å²) in [5.41, 5.74) is 10.4. The minimum atomic E-state index is -0.811. The molecule has 1 amide bonds. The molecule has 0 aliphatic carbocycles. The van der Waals surface area contributed by atoms with Crippen LogP contribution in [0, 0.1) is 11.6 Å². The summed E-state index contributed by atoms with van der Waals surface area (Å²) in [4.78, 5) is 10.9. The van der Waals surface area contributed by atoms with Crippen LogP contribution in [0.1, 0.15) is 15.9 Å². The van der Waals surface area contributed by atoms with E-state index in [2.05, 4.69) is 5.10 Å². The van der Waals surface area contributed by atoms with Gasteiger partial charge >= 0.3 is 0 Å². The van der Waals surface area contributed by atoms with Gasteiger partial charge in [-0.1, -0.05) is 0 Å². The molecule has 0 atom stereocenters. The molecule has 7 heteroatoms. The molecule has 0 spiro atoms. The molecule has 94 valence electrons. The zero-order valence-electron chi connectivity index (χ0n) is 9.23. The number of primary amides is 1. The third-order valence-electron chi connectivity index (χ3n) is 2.41. The molecule has 0 fully saturated rings. The normalized spacial score (nSPS) is 10.6. The van der Waals surface area contributed by atoms with Crippen molar-refractivity contribution in [3.63, 3.8) is 0 Å². The van der Waals surface area contributed by atoms with Crippen LogP contribution in [0.25, 0.3) is 5.69 Å². The fraction of sp³-hybridized carbons (Fsp3) is 0.0909. The quantitative estimate of drug-likeness (QED) is 0.843. The van der Waals surface area contributed by atoms with Crippen LogP contribution < -0.4 is 11.5 Å². The van der Waals surface area contributed by atoms with E-state index >= 15 is 0 Å². The monoisotopic (exact) mass is 252 g/mol. The molecular formula is C11H10F2N4O. The van der Waals surface area contributed by atoms with Crippen molar-refractivity contribution in [1.82, 2.24) is 9.78 Å². The van der Waals surface area contributed by atoms with Crippen molar-refractivity contribution >= 4 is 5.91 Å². The fourth-order valence-electron chi connectivity index (χ4n) is 1.53. The van der Waals surface area contributed by atoms with Crippen molar-refractivity contribution in [3.8, 4) is 5.69 Å². The molecule has 0 radical (unpaired) electrons. The molecule has 0 aliphatic rings. The molecule has 18 heavy (non-hydrogen) atoms. The van der Waals surface area contributed by atoms with E-state index in [0.29, 0.717) is 5.56 Å². The van der Waals surface area contributed by atoms with Gasteiger partial charge in [0, 0.05) is 12.7 Å². The van der Waals surface area contributed by atoms with Gasteiger partial charge in [-0.25, -0.2) is 13.5 Å². The number of hydrogen-bond donors (Lipinski definition) is 2. The molecule has 0 saturated heterocycles. The van der Waals surface area contributed by atoms with Gasteiger partial charge in [-0.2, -0.15) is 5.10 Å². The minimum absolute atomic E-state index is 0.0275. The minimum Gasteiger partial charge on any atom is -0.366 e. The van der Waals surface area contributed by atoms with Crippen molar-refractivity contribution in [2.45, 2.75) is 6.54 Å². The molecule has 0 bridgehead atoms. The van der Waals surface area contributed by atoms with E-state index in [4.69, 9.17) is 11.5 Å². The Hall–Kier alpha value is -2.28. The summed E-state index contributed by atoms with van der Waals surface area (Å²) >= 11 is 0. The average molecular weight is 252 g/mol. The van der Waals surface area contributed by atoms with E-state index < -0.39 is 17.5 Å². The van der Waals surface area contributed by atoms with Crippen LogP contribution in [0.5, 0.6) is 0 Å². The molecule has 2 aromatic rings. The van der Waals surface area contributed by atoms with Gasteiger partial charge in [-0.05, 0) is 17.7 Å². The number of nitrogens with zero attached hydrogens (tertiary/aromatic N) is 2. The third-order valence-corrected chi connectivity index (χ3v) is 2.41. The third kappa shape index (κ3) is 2.07. The number of aromatic nitrogens is 2. The van der Waals surface area contributed by atoms with Gasteiger partial charge in [0.1, 0.15) is 5.69 Å². The summed E-state index contributed by atoms with van der Waals surface area (Å²) < 4.78 is 28.4. The zero-order chi connectivity index (χ0) is 13.3. The van der Waals surface area contributed by atoms with Crippen molar-refractivity contribution in [3.05, 3.63) is 47.3 Å². The molecule has 5 nitrogen and oxygen atoms in total. The van der Waals surface area contributed by atoms with Gasteiger partial charge in [0.05, 0.1) is 11.8 Å². The van der Waals surface area contributed by atoms with Gasteiger partial charge in [0.25, 0.3) is 5.91 Å². The number of rotatable bonds is 3. The van der Waals surface area contributed by atoms with E-state index in [1.807, 2.05) is 0 Å². The van der Waals surface area contributed by atoms with Crippen molar-refractivity contribution in [2.24, 2.45) is 11.5 Å². The van der Waals surface area contributed by atoms with Crippen molar-refractivity contribution < 1.29 is 13.6 Å². The number of carbonyl (C=O) groups excluding carboxylic acids is 1. The maximum absolute atomic E-state index is 13.7.